The third kappa shape index (κ3) is 3.73. The molecule has 0 aliphatic carbocycles. The fraction of sp³-hybridized carbons (Fsp3) is 1.00. The maximum atomic E-state index is 3.44. The highest BCUT2D eigenvalue weighted by atomic mass is 14.9. The van der Waals surface area contributed by atoms with Crippen LogP contribution in [0.4, 0.5) is 0 Å². The first-order chi connectivity index (χ1) is 5.43. The third-order valence-electron chi connectivity index (χ3n) is 2.44. The molecular weight excluding hydrogens is 136 g/mol. The molecule has 0 bridgehead atoms. The number of hydrogen-bond donors (Lipinski definition) is 2. The van der Waals surface area contributed by atoms with Gasteiger partial charge in [0.1, 0.15) is 0 Å². The molecule has 1 rings (SSSR count). The van der Waals surface area contributed by atoms with Gasteiger partial charge in [-0.15, -0.1) is 0 Å². The van der Waals surface area contributed by atoms with E-state index in [2.05, 4.69) is 10.6 Å². The van der Waals surface area contributed by atoms with Crippen molar-refractivity contribution in [3.8, 4) is 0 Å². The first kappa shape index (κ1) is 9.01. The van der Waals surface area contributed by atoms with E-state index in [-0.39, 0.29) is 0 Å². The van der Waals surface area contributed by atoms with Crippen molar-refractivity contribution in [2.45, 2.75) is 25.7 Å². The van der Waals surface area contributed by atoms with E-state index in [1.54, 1.807) is 0 Å². The highest BCUT2D eigenvalue weighted by Gasteiger charge is 2.11. The van der Waals surface area contributed by atoms with E-state index in [9.17, 15) is 0 Å². The molecule has 1 aliphatic heterocycles. The molecule has 0 radical (unpaired) electrons. The van der Waals surface area contributed by atoms with Gasteiger partial charge in [-0.05, 0) is 58.3 Å². The zero-order valence-corrected chi connectivity index (χ0v) is 7.53. The van der Waals surface area contributed by atoms with Crippen LogP contribution in [0.1, 0.15) is 25.7 Å². The quantitative estimate of drug-likeness (QED) is 0.593. The molecule has 2 heteroatoms. The lowest BCUT2D eigenvalue weighted by atomic mass is 9.95. The second kappa shape index (κ2) is 5.56. The Balaban J connectivity index is 1.96. The summed E-state index contributed by atoms with van der Waals surface area (Å²) in [6.45, 7) is 3.67. The summed E-state index contributed by atoms with van der Waals surface area (Å²) in [6, 6.07) is 0. The molecule has 2 nitrogen and oxygen atoms in total. The monoisotopic (exact) mass is 156 g/mol. The molecule has 1 fully saturated rings. The van der Waals surface area contributed by atoms with Gasteiger partial charge in [0, 0.05) is 0 Å². The van der Waals surface area contributed by atoms with Crippen molar-refractivity contribution < 1.29 is 0 Å². The molecule has 0 aromatic rings. The first-order valence-corrected chi connectivity index (χ1v) is 4.79. The van der Waals surface area contributed by atoms with Gasteiger partial charge in [0.05, 0.1) is 0 Å². The Labute approximate surface area is 69.8 Å². The van der Waals surface area contributed by atoms with Gasteiger partial charge >= 0.3 is 0 Å². The van der Waals surface area contributed by atoms with Crippen LogP contribution >= 0.6 is 0 Å². The molecular formula is C9H20N2. The molecule has 0 aromatic heterocycles. The minimum atomic E-state index is 0.956. The zero-order valence-electron chi connectivity index (χ0n) is 7.53. The van der Waals surface area contributed by atoms with E-state index in [1.165, 1.54) is 45.3 Å². The topological polar surface area (TPSA) is 24.1 Å². The van der Waals surface area contributed by atoms with Gasteiger partial charge in [-0.25, -0.2) is 0 Å². The molecule has 66 valence electrons. The Hall–Kier alpha value is -0.0800. The van der Waals surface area contributed by atoms with E-state index in [0.29, 0.717) is 0 Å². The summed E-state index contributed by atoms with van der Waals surface area (Å²) in [4.78, 5) is 0. The van der Waals surface area contributed by atoms with Gasteiger partial charge in [-0.3, -0.25) is 0 Å². The van der Waals surface area contributed by atoms with E-state index in [1.807, 2.05) is 7.05 Å². The predicted octanol–water partition coefficient (Wildman–Crippen LogP) is 0.986. The van der Waals surface area contributed by atoms with Crippen LogP contribution in [0.15, 0.2) is 0 Å². The number of rotatable bonds is 4. The van der Waals surface area contributed by atoms with Gasteiger partial charge < -0.3 is 10.6 Å². The summed E-state index contributed by atoms with van der Waals surface area (Å²) >= 11 is 0. The van der Waals surface area contributed by atoms with E-state index in [0.717, 1.165) is 5.92 Å². The molecule has 1 saturated heterocycles. The van der Waals surface area contributed by atoms with E-state index >= 15 is 0 Å². The molecule has 0 amide bonds. The van der Waals surface area contributed by atoms with Crippen LogP contribution in [0.25, 0.3) is 0 Å². The summed E-state index contributed by atoms with van der Waals surface area (Å²) in [5.41, 5.74) is 0. The van der Waals surface area contributed by atoms with Crippen LogP contribution < -0.4 is 10.6 Å². The van der Waals surface area contributed by atoms with Crippen LogP contribution in [0, 0.1) is 5.92 Å². The maximum absolute atomic E-state index is 3.44. The smallest absolute Gasteiger partial charge is 0.00205 e. The van der Waals surface area contributed by atoms with Gasteiger partial charge in [0.15, 0.2) is 0 Å². The van der Waals surface area contributed by atoms with Crippen molar-refractivity contribution in [1.82, 2.24) is 10.6 Å². The summed E-state index contributed by atoms with van der Waals surface area (Å²) in [5.74, 6) is 0.956. The predicted molar refractivity (Wildman–Crippen MR) is 48.8 cm³/mol. The number of nitrogens with one attached hydrogen (secondary N) is 2. The van der Waals surface area contributed by atoms with Crippen molar-refractivity contribution >= 4 is 0 Å². The van der Waals surface area contributed by atoms with E-state index < -0.39 is 0 Å². The van der Waals surface area contributed by atoms with Crippen LogP contribution in [-0.4, -0.2) is 26.7 Å². The normalized spacial score (nSPS) is 25.4. The average molecular weight is 156 g/mol. The second-order valence-corrected chi connectivity index (χ2v) is 3.46. The Kier molecular flexibility index (Phi) is 4.55. The second-order valence-electron chi connectivity index (χ2n) is 3.46. The zero-order chi connectivity index (χ0) is 7.94. The van der Waals surface area contributed by atoms with Crippen molar-refractivity contribution in [2.24, 2.45) is 5.92 Å². The van der Waals surface area contributed by atoms with Crippen LogP contribution in [0.5, 0.6) is 0 Å². The summed E-state index contributed by atoms with van der Waals surface area (Å²) in [7, 11) is 2.03. The summed E-state index contributed by atoms with van der Waals surface area (Å²) < 4.78 is 0. The van der Waals surface area contributed by atoms with Crippen LogP contribution in [0.3, 0.4) is 0 Å². The minimum Gasteiger partial charge on any atom is -0.320 e. The SMILES string of the molecule is CNCCC[C@@H]1CCCNC1. The Morgan fingerprint density at radius 2 is 2.45 bits per heavy atom. The Bertz CT molecular complexity index is 87.6. The molecule has 0 saturated carbocycles. The average Bonchev–Trinajstić information content (AvgIpc) is 2.07. The molecule has 0 aromatic carbocycles. The molecule has 1 aliphatic rings. The summed E-state index contributed by atoms with van der Waals surface area (Å²) in [6.07, 6.45) is 5.55. The molecule has 2 N–H and O–H groups in total. The fourth-order valence-corrected chi connectivity index (χ4v) is 1.74. The lowest BCUT2D eigenvalue weighted by Gasteiger charge is -2.22. The van der Waals surface area contributed by atoms with Crippen molar-refractivity contribution in [3.63, 3.8) is 0 Å². The highest BCUT2D eigenvalue weighted by Crippen LogP contribution is 2.14. The number of piperidine rings is 1. The third-order valence-corrected chi connectivity index (χ3v) is 2.44. The van der Waals surface area contributed by atoms with Gasteiger partial charge in [0.2, 0.25) is 0 Å². The lowest BCUT2D eigenvalue weighted by molar-refractivity contribution is 0.350. The lowest BCUT2D eigenvalue weighted by Crippen LogP contribution is -2.30. The van der Waals surface area contributed by atoms with Crippen molar-refractivity contribution in [3.05, 3.63) is 0 Å². The highest BCUT2D eigenvalue weighted by molar-refractivity contribution is 4.68. The Morgan fingerprint density at radius 3 is 3.09 bits per heavy atom. The van der Waals surface area contributed by atoms with Gasteiger partial charge in [-0.2, -0.15) is 0 Å². The number of hydrogen-bond acceptors (Lipinski definition) is 2. The molecule has 0 unspecified atom stereocenters. The van der Waals surface area contributed by atoms with Crippen LogP contribution in [-0.2, 0) is 0 Å². The van der Waals surface area contributed by atoms with Crippen molar-refractivity contribution in [1.29, 1.82) is 0 Å². The van der Waals surface area contributed by atoms with Gasteiger partial charge in [0.25, 0.3) is 0 Å². The first-order valence-electron chi connectivity index (χ1n) is 4.79. The van der Waals surface area contributed by atoms with Gasteiger partial charge in [-0.1, -0.05) is 0 Å². The van der Waals surface area contributed by atoms with Crippen molar-refractivity contribution in [2.75, 3.05) is 26.7 Å². The molecule has 0 spiro atoms. The van der Waals surface area contributed by atoms with Crippen LogP contribution in [0.2, 0.25) is 0 Å². The standard InChI is InChI=1S/C9H20N2/c1-10-6-2-4-9-5-3-7-11-8-9/h9-11H,2-8H2,1H3/t9-/m1/s1. The molecule has 1 atom stereocenters. The molecule has 1 heterocycles. The maximum Gasteiger partial charge on any atom is -0.00205 e. The fourth-order valence-electron chi connectivity index (χ4n) is 1.74. The Morgan fingerprint density at radius 1 is 1.55 bits per heavy atom. The summed E-state index contributed by atoms with van der Waals surface area (Å²) in [5, 5.41) is 6.63. The molecule has 11 heavy (non-hydrogen) atoms. The van der Waals surface area contributed by atoms with E-state index in [4.69, 9.17) is 0 Å². The largest absolute Gasteiger partial charge is 0.320 e. The minimum absolute atomic E-state index is 0.956.